The van der Waals surface area contributed by atoms with Gasteiger partial charge in [0.15, 0.2) is 11.8 Å². The zero-order valence-corrected chi connectivity index (χ0v) is 13.8. The number of ether oxygens (including phenoxy) is 3. The number of carbonyl (C=O) groups excluding carboxylic acids is 1. The first-order valence-corrected chi connectivity index (χ1v) is 7.58. The summed E-state index contributed by atoms with van der Waals surface area (Å²) in [6, 6.07) is -1.03. The number of hydrogen-bond donors (Lipinski definition) is 1. The summed E-state index contributed by atoms with van der Waals surface area (Å²) in [6.07, 6.45) is -0.0399. The first-order chi connectivity index (χ1) is 10.0. The number of aliphatic carboxylic acids is 1. The van der Waals surface area contributed by atoms with E-state index in [1.807, 2.05) is 13.8 Å². The molecule has 0 aromatic rings. The Morgan fingerprint density at radius 2 is 1.77 bits per heavy atom. The fourth-order valence-electron chi connectivity index (χ4n) is 3.24. The van der Waals surface area contributed by atoms with Gasteiger partial charge in [-0.05, 0) is 34.6 Å². The second kappa shape index (κ2) is 5.70. The Hall–Kier alpha value is -1.34. The van der Waals surface area contributed by atoms with E-state index < -0.39 is 29.4 Å². The SMILES string of the molecule is C[C@@H]1CC2(C[C@H](C)O1)OCC(C(=O)O)N2C(=O)OC(C)(C)C. The van der Waals surface area contributed by atoms with Gasteiger partial charge in [-0.25, -0.2) is 9.59 Å². The van der Waals surface area contributed by atoms with Crippen molar-refractivity contribution in [1.29, 1.82) is 0 Å². The fraction of sp³-hybridized carbons (Fsp3) is 0.867. The fourth-order valence-corrected chi connectivity index (χ4v) is 3.24. The molecule has 2 saturated heterocycles. The molecule has 0 radical (unpaired) electrons. The first-order valence-electron chi connectivity index (χ1n) is 7.58. The van der Waals surface area contributed by atoms with Gasteiger partial charge in [0.25, 0.3) is 0 Å². The molecule has 1 amide bonds. The second-order valence-corrected chi connectivity index (χ2v) is 7.13. The highest BCUT2D eigenvalue weighted by Crippen LogP contribution is 2.41. The van der Waals surface area contributed by atoms with Crippen LogP contribution in [0.5, 0.6) is 0 Å². The Balaban J connectivity index is 2.32. The molecule has 2 heterocycles. The van der Waals surface area contributed by atoms with Crippen LogP contribution >= 0.6 is 0 Å². The number of carboxylic acids is 1. The molecule has 0 bridgehead atoms. The van der Waals surface area contributed by atoms with Crippen LogP contribution in [0.3, 0.4) is 0 Å². The number of rotatable bonds is 1. The van der Waals surface area contributed by atoms with Crippen molar-refractivity contribution in [1.82, 2.24) is 4.90 Å². The molecule has 0 aromatic carbocycles. The summed E-state index contributed by atoms with van der Waals surface area (Å²) in [5, 5.41) is 9.42. The van der Waals surface area contributed by atoms with Crippen molar-refractivity contribution in [3.05, 3.63) is 0 Å². The van der Waals surface area contributed by atoms with E-state index in [4.69, 9.17) is 14.2 Å². The van der Waals surface area contributed by atoms with E-state index in [0.29, 0.717) is 12.8 Å². The number of carboxylic acid groups (broad SMARTS) is 1. The molecular weight excluding hydrogens is 290 g/mol. The second-order valence-electron chi connectivity index (χ2n) is 7.13. The Morgan fingerprint density at radius 1 is 1.23 bits per heavy atom. The molecule has 2 aliphatic heterocycles. The lowest BCUT2D eigenvalue weighted by Crippen LogP contribution is -2.59. The van der Waals surface area contributed by atoms with E-state index in [0.717, 1.165) is 0 Å². The van der Waals surface area contributed by atoms with E-state index in [1.165, 1.54) is 4.90 Å². The molecule has 7 nitrogen and oxygen atoms in total. The van der Waals surface area contributed by atoms with Crippen molar-refractivity contribution in [2.75, 3.05) is 6.61 Å². The Bertz CT molecular complexity index is 447. The highest BCUT2D eigenvalue weighted by Gasteiger charge is 2.56. The highest BCUT2D eigenvalue weighted by molar-refractivity contribution is 5.81. The Kier molecular flexibility index (Phi) is 4.41. The minimum atomic E-state index is -1.09. The molecule has 22 heavy (non-hydrogen) atoms. The molecule has 0 aromatic heterocycles. The van der Waals surface area contributed by atoms with Crippen LogP contribution in [-0.2, 0) is 19.0 Å². The molecule has 2 aliphatic rings. The zero-order valence-electron chi connectivity index (χ0n) is 13.8. The normalized spacial score (nSPS) is 35.7. The van der Waals surface area contributed by atoms with Crippen molar-refractivity contribution in [3.8, 4) is 0 Å². The van der Waals surface area contributed by atoms with E-state index in [1.54, 1.807) is 20.8 Å². The minimum absolute atomic E-state index is 0.0337. The number of amides is 1. The third kappa shape index (κ3) is 3.35. The van der Waals surface area contributed by atoms with Crippen LogP contribution in [0, 0.1) is 0 Å². The first kappa shape index (κ1) is 17.0. The van der Waals surface area contributed by atoms with Gasteiger partial charge < -0.3 is 19.3 Å². The van der Waals surface area contributed by atoms with Crippen LogP contribution in [0.15, 0.2) is 0 Å². The van der Waals surface area contributed by atoms with E-state index >= 15 is 0 Å². The average molecular weight is 315 g/mol. The maximum absolute atomic E-state index is 12.6. The molecule has 0 saturated carbocycles. The van der Waals surface area contributed by atoms with Gasteiger partial charge in [-0.15, -0.1) is 0 Å². The predicted octanol–water partition coefficient (Wildman–Crippen LogP) is 1.99. The minimum Gasteiger partial charge on any atom is -0.480 e. The zero-order chi connectivity index (χ0) is 16.7. The topological polar surface area (TPSA) is 85.3 Å². The van der Waals surface area contributed by atoms with E-state index in [9.17, 15) is 14.7 Å². The van der Waals surface area contributed by atoms with Crippen LogP contribution in [0.4, 0.5) is 4.79 Å². The Labute approximate surface area is 130 Å². The van der Waals surface area contributed by atoms with Gasteiger partial charge in [-0.2, -0.15) is 0 Å². The smallest absolute Gasteiger partial charge is 0.413 e. The molecule has 2 fully saturated rings. The van der Waals surface area contributed by atoms with E-state index in [-0.39, 0.29) is 18.8 Å². The largest absolute Gasteiger partial charge is 0.480 e. The van der Waals surface area contributed by atoms with Crippen molar-refractivity contribution in [2.24, 2.45) is 0 Å². The van der Waals surface area contributed by atoms with Crippen LogP contribution in [-0.4, -0.2) is 58.3 Å². The predicted molar refractivity (Wildman–Crippen MR) is 77.4 cm³/mol. The molecule has 2 unspecified atom stereocenters. The van der Waals surface area contributed by atoms with Gasteiger partial charge in [0, 0.05) is 12.8 Å². The summed E-state index contributed by atoms with van der Waals surface area (Å²) in [7, 11) is 0. The lowest BCUT2D eigenvalue weighted by molar-refractivity contribution is -0.185. The molecule has 1 N–H and O–H groups in total. The maximum atomic E-state index is 12.6. The molecule has 126 valence electrons. The van der Waals surface area contributed by atoms with Crippen LogP contribution in [0.25, 0.3) is 0 Å². The molecular formula is C15H25NO6. The number of carbonyl (C=O) groups is 2. The summed E-state index contributed by atoms with van der Waals surface area (Å²) in [5.41, 5.74) is -1.67. The van der Waals surface area contributed by atoms with Crippen LogP contribution in [0.2, 0.25) is 0 Å². The van der Waals surface area contributed by atoms with Gasteiger partial charge in [-0.1, -0.05) is 0 Å². The van der Waals surface area contributed by atoms with Crippen LogP contribution < -0.4 is 0 Å². The summed E-state index contributed by atoms with van der Waals surface area (Å²) < 4.78 is 16.9. The van der Waals surface area contributed by atoms with Crippen molar-refractivity contribution in [3.63, 3.8) is 0 Å². The van der Waals surface area contributed by atoms with Gasteiger partial charge in [0.2, 0.25) is 0 Å². The standard InChI is InChI=1S/C15H25NO6/c1-9-6-15(7-10(2)21-9)16(11(8-20-15)12(17)18)13(19)22-14(3,4)5/h9-11H,6-8H2,1-5H3,(H,17,18)/t9-,10+,11?,15?. The lowest BCUT2D eigenvalue weighted by Gasteiger charge is -2.45. The molecule has 0 aliphatic carbocycles. The van der Waals surface area contributed by atoms with Gasteiger partial charge in [-0.3, -0.25) is 4.90 Å². The third-order valence-electron chi connectivity index (χ3n) is 3.81. The summed E-state index contributed by atoms with van der Waals surface area (Å²) in [5.74, 6) is -1.09. The van der Waals surface area contributed by atoms with Gasteiger partial charge in [0.05, 0.1) is 18.8 Å². The van der Waals surface area contributed by atoms with Crippen molar-refractivity contribution >= 4 is 12.1 Å². The average Bonchev–Trinajstić information content (AvgIpc) is 2.63. The van der Waals surface area contributed by atoms with Crippen molar-refractivity contribution < 1.29 is 28.9 Å². The van der Waals surface area contributed by atoms with Crippen molar-refractivity contribution in [2.45, 2.75) is 77.0 Å². The van der Waals surface area contributed by atoms with Gasteiger partial charge in [0.1, 0.15) is 5.60 Å². The number of nitrogens with zero attached hydrogens (tertiary/aromatic N) is 1. The highest BCUT2D eigenvalue weighted by atomic mass is 16.6. The maximum Gasteiger partial charge on any atom is 0.413 e. The van der Waals surface area contributed by atoms with E-state index in [2.05, 4.69) is 0 Å². The molecule has 7 heteroatoms. The van der Waals surface area contributed by atoms with Gasteiger partial charge >= 0.3 is 12.1 Å². The van der Waals surface area contributed by atoms with Crippen LogP contribution in [0.1, 0.15) is 47.5 Å². The quantitative estimate of drug-likeness (QED) is 0.796. The Morgan fingerprint density at radius 3 is 2.23 bits per heavy atom. The molecule has 1 spiro atoms. The summed E-state index contributed by atoms with van der Waals surface area (Å²) in [4.78, 5) is 25.4. The number of hydrogen-bond acceptors (Lipinski definition) is 5. The summed E-state index contributed by atoms with van der Waals surface area (Å²) >= 11 is 0. The monoisotopic (exact) mass is 315 g/mol. The molecule has 2 rings (SSSR count). The molecule has 4 atom stereocenters. The lowest BCUT2D eigenvalue weighted by atomic mass is 9.94. The third-order valence-corrected chi connectivity index (χ3v) is 3.81. The summed E-state index contributed by atoms with van der Waals surface area (Å²) in [6.45, 7) is 9.00.